The summed E-state index contributed by atoms with van der Waals surface area (Å²) in [5, 5.41) is 4.57. The van der Waals surface area contributed by atoms with Crippen LogP contribution in [0.5, 0.6) is 0 Å². The molecule has 0 aliphatic heterocycles. The molecule has 0 fully saturated rings. The summed E-state index contributed by atoms with van der Waals surface area (Å²) in [6, 6.07) is 0. The normalized spacial score (nSPS) is 11.6. The molecule has 6 heteroatoms. The van der Waals surface area contributed by atoms with Gasteiger partial charge in [-0.3, -0.25) is 4.68 Å². The number of fused-ring (bicyclic) bond motifs is 1. The van der Waals surface area contributed by atoms with Crippen molar-refractivity contribution in [2.24, 2.45) is 7.05 Å². The van der Waals surface area contributed by atoms with E-state index >= 15 is 0 Å². The van der Waals surface area contributed by atoms with Gasteiger partial charge < -0.3 is 4.57 Å². The van der Waals surface area contributed by atoms with Crippen LogP contribution in [0.15, 0.2) is 0 Å². The van der Waals surface area contributed by atoms with Crippen molar-refractivity contribution in [2.75, 3.05) is 12.0 Å². The van der Waals surface area contributed by atoms with E-state index in [0.717, 1.165) is 47.8 Å². The largest absolute Gasteiger partial charge is 0.311 e. The second-order valence-electron chi connectivity index (χ2n) is 4.30. The Morgan fingerprint density at radius 2 is 2.17 bits per heavy atom. The lowest BCUT2D eigenvalue weighted by atomic mass is 10.2. The highest BCUT2D eigenvalue weighted by Crippen LogP contribution is 2.22. The summed E-state index contributed by atoms with van der Waals surface area (Å²) in [4.78, 5) is 4.66. The zero-order valence-corrected chi connectivity index (χ0v) is 12.7. The van der Waals surface area contributed by atoms with Crippen molar-refractivity contribution in [2.45, 2.75) is 32.2 Å². The summed E-state index contributed by atoms with van der Waals surface area (Å²) in [6.07, 6.45) is 4.17. The zero-order chi connectivity index (χ0) is 13.1. The number of nitrogens with zero attached hydrogens (tertiary/aromatic N) is 4. The van der Waals surface area contributed by atoms with E-state index in [1.165, 1.54) is 0 Å². The van der Waals surface area contributed by atoms with Gasteiger partial charge in [0.05, 0.1) is 11.6 Å². The molecule has 0 N–H and O–H groups in total. The monoisotopic (exact) mass is 286 g/mol. The summed E-state index contributed by atoms with van der Waals surface area (Å²) < 4.78 is 4.13. The van der Waals surface area contributed by atoms with Gasteiger partial charge in [-0.15, -0.1) is 11.6 Å². The first-order chi connectivity index (χ1) is 8.72. The second kappa shape index (κ2) is 5.97. The molecule has 0 aliphatic rings. The van der Waals surface area contributed by atoms with Gasteiger partial charge in [-0.2, -0.15) is 16.9 Å². The lowest BCUT2D eigenvalue weighted by Crippen LogP contribution is -2.08. The maximum atomic E-state index is 6.00. The van der Waals surface area contributed by atoms with Gasteiger partial charge in [0.2, 0.25) is 0 Å². The van der Waals surface area contributed by atoms with Gasteiger partial charge in [0.15, 0.2) is 5.65 Å². The molecule has 100 valence electrons. The SMILES string of the molecule is CCCc1nn(C)c2c1nc(CCl)n2CCSC. The minimum atomic E-state index is 0.453. The molecule has 4 nitrogen and oxygen atoms in total. The van der Waals surface area contributed by atoms with E-state index in [-0.39, 0.29) is 0 Å². The Morgan fingerprint density at radius 1 is 1.39 bits per heavy atom. The Morgan fingerprint density at radius 3 is 2.78 bits per heavy atom. The fourth-order valence-electron chi connectivity index (χ4n) is 2.21. The average molecular weight is 287 g/mol. The third kappa shape index (κ3) is 2.38. The minimum Gasteiger partial charge on any atom is -0.311 e. The average Bonchev–Trinajstić information content (AvgIpc) is 2.86. The predicted molar refractivity (Wildman–Crippen MR) is 78.4 cm³/mol. The second-order valence-corrected chi connectivity index (χ2v) is 5.55. The van der Waals surface area contributed by atoms with Crippen LogP contribution in [-0.4, -0.2) is 31.3 Å². The highest BCUT2D eigenvalue weighted by molar-refractivity contribution is 7.98. The summed E-state index contributed by atoms with van der Waals surface area (Å²) in [7, 11) is 1.98. The number of aryl methyl sites for hydroxylation is 3. The number of hydrogen-bond acceptors (Lipinski definition) is 3. The van der Waals surface area contributed by atoms with Crippen molar-refractivity contribution in [3.8, 4) is 0 Å². The Labute approximate surface area is 117 Å². The molecule has 2 aromatic heterocycles. The molecular weight excluding hydrogens is 268 g/mol. The molecule has 2 aromatic rings. The molecular formula is C12H19ClN4S. The molecule has 18 heavy (non-hydrogen) atoms. The van der Waals surface area contributed by atoms with Crippen molar-refractivity contribution >= 4 is 34.5 Å². The lowest BCUT2D eigenvalue weighted by molar-refractivity contribution is 0.683. The van der Waals surface area contributed by atoms with Crippen molar-refractivity contribution < 1.29 is 0 Å². The number of rotatable bonds is 6. The number of halogens is 1. The molecule has 2 rings (SSSR count). The quantitative estimate of drug-likeness (QED) is 0.766. The van der Waals surface area contributed by atoms with Crippen LogP contribution in [-0.2, 0) is 25.9 Å². The van der Waals surface area contributed by atoms with E-state index in [9.17, 15) is 0 Å². The van der Waals surface area contributed by atoms with Crippen LogP contribution in [0.3, 0.4) is 0 Å². The van der Waals surface area contributed by atoms with E-state index in [2.05, 4.69) is 27.8 Å². The van der Waals surface area contributed by atoms with Crippen molar-refractivity contribution in [1.29, 1.82) is 0 Å². The van der Waals surface area contributed by atoms with E-state index < -0.39 is 0 Å². The molecule has 0 bridgehead atoms. The van der Waals surface area contributed by atoms with E-state index in [1.54, 1.807) is 0 Å². The molecule has 0 unspecified atom stereocenters. The van der Waals surface area contributed by atoms with Gasteiger partial charge in [0, 0.05) is 19.3 Å². The maximum Gasteiger partial charge on any atom is 0.158 e. The Bertz CT molecular complexity index is 532. The number of aromatic nitrogens is 4. The van der Waals surface area contributed by atoms with Crippen molar-refractivity contribution in [3.05, 3.63) is 11.5 Å². The fraction of sp³-hybridized carbons (Fsp3) is 0.667. The maximum absolute atomic E-state index is 6.00. The van der Waals surface area contributed by atoms with E-state index in [1.807, 2.05) is 23.5 Å². The molecule has 2 heterocycles. The van der Waals surface area contributed by atoms with Gasteiger partial charge in [-0.1, -0.05) is 13.3 Å². The van der Waals surface area contributed by atoms with E-state index in [0.29, 0.717) is 5.88 Å². The Hall–Kier alpha value is -0.680. The highest BCUT2D eigenvalue weighted by atomic mass is 35.5. The third-order valence-electron chi connectivity index (χ3n) is 3.00. The lowest BCUT2D eigenvalue weighted by Gasteiger charge is -2.06. The van der Waals surface area contributed by atoms with Gasteiger partial charge in [-0.25, -0.2) is 4.98 Å². The van der Waals surface area contributed by atoms with Gasteiger partial charge in [0.25, 0.3) is 0 Å². The van der Waals surface area contributed by atoms with Crippen LogP contribution in [0, 0.1) is 0 Å². The Kier molecular flexibility index (Phi) is 4.56. The topological polar surface area (TPSA) is 35.6 Å². The summed E-state index contributed by atoms with van der Waals surface area (Å²) >= 11 is 7.83. The number of alkyl halides is 1. The van der Waals surface area contributed by atoms with Crippen LogP contribution in [0.1, 0.15) is 24.9 Å². The molecule has 0 saturated heterocycles. The first kappa shape index (κ1) is 13.7. The van der Waals surface area contributed by atoms with Crippen LogP contribution in [0.25, 0.3) is 11.2 Å². The number of imidazole rings is 1. The van der Waals surface area contributed by atoms with Gasteiger partial charge in [-0.05, 0) is 12.7 Å². The summed E-state index contributed by atoms with van der Waals surface area (Å²) in [5.41, 5.74) is 3.21. The predicted octanol–water partition coefficient (Wildman–Crippen LogP) is 2.82. The summed E-state index contributed by atoms with van der Waals surface area (Å²) in [5.74, 6) is 2.46. The third-order valence-corrected chi connectivity index (χ3v) is 3.83. The van der Waals surface area contributed by atoms with Crippen LogP contribution < -0.4 is 0 Å². The number of thioether (sulfide) groups is 1. The van der Waals surface area contributed by atoms with Gasteiger partial charge in [0.1, 0.15) is 11.3 Å². The molecule has 0 radical (unpaired) electrons. The van der Waals surface area contributed by atoms with Gasteiger partial charge >= 0.3 is 0 Å². The standard InChI is InChI=1S/C12H19ClN4S/c1-4-5-9-11-12(16(2)15-9)17(6-7-18-3)10(8-13)14-11/h4-8H2,1-3H3. The molecule has 0 aliphatic carbocycles. The van der Waals surface area contributed by atoms with E-state index in [4.69, 9.17) is 11.6 Å². The zero-order valence-electron chi connectivity index (χ0n) is 11.1. The highest BCUT2D eigenvalue weighted by Gasteiger charge is 2.17. The van der Waals surface area contributed by atoms with Crippen LogP contribution >= 0.6 is 23.4 Å². The molecule has 0 saturated carbocycles. The minimum absolute atomic E-state index is 0.453. The number of hydrogen-bond donors (Lipinski definition) is 0. The van der Waals surface area contributed by atoms with Crippen LogP contribution in [0.4, 0.5) is 0 Å². The molecule has 0 atom stereocenters. The van der Waals surface area contributed by atoms with Crippen molar-refractivity contribution in [1.82, 2.24) is 19.3 Å². The Balaban J connectivity index is 2.52. The smallest absolute Gasteiger partial charge is 0.158 e. The first-order valence-corrected chi connectivity index (χ1v) is 8.11. The summed E-state index contributed by atoms with van der Waals surface area (Å²) in [6.45, 7) is 3.10. The first-order valence-electron chi connectivity index (χ1n) is 6.18. The van der Waals surface area contributed by atoms with Crippen molar-refractivity contribution in [3.63, 3.8) is 0 Å². The molecule has 0 spiro atoms. The van der Waals surface area contributed by atoms with Crippen LogP contribution in [0.2, 0.25) is 0 Å². The molecule has 0 amide bonds. The fourth-order valence-corrected chi connectivity index (χ4v) is 2.78. The molecule has 0 aromatic carbocycles.